The normalized spacial score (nSPS) is 16.8. The van der Waals surface area contributed by atoms with Gasteiger partial charge in [0.25, 0.3) is 0 Å². The highest BCUT2D eigenvalue weighted by Crippen LogP contribution is 2.18. The van der Waals surface area contributed by atoms with Crippen LogP contribution in [0.25, 0.3) is 0 Å². The van der Waals surface area contributed by atoms with Gasteiger partial charge in [0, 0.05) is 19.2 Å². The smallest absolute Gasteiger partial charge is 0.166 e. The van der Waals surface area contributed by atoms with Crippen molar-refractivity contribution in [2.75, 3.05) is 0 Å². The molecule has 0 unspecified atom stereocenters. The second-order valence-corrected chi connectivity index (χ2v) is 3.48. The van der Waals surface area contributed by atoms with Crippen LogP contribution in [0.2, 0.25) is 0 Å². The molecule has 1 aliphatic carbocycles. The lowest BCUT2D eigenvalue weighted by atomic mass is 10.1. The number of aromatic nitrogens is 2. The predicted molar refractivity (Wildman–Crippen MR) is 49.8 cm³/mol. The monoisotopic (exact) mass is 178 g/mol. The van der Waals surface area contributed by atoms with Crippen molar-refractivity contribution in [1.82, 2.24) is 9.78 Å². The number of carbonyl (C=O) groups excluding carboxylic acids is 1. The van der Waals surface area contributed by atoms with E-state index in [4.69, 9.17) is 0 Å². The first kappa shape index (κ1) is 8.48. The first-order valence-electron chi connectivity index (χ1n) is 4.91. The number of hydrogen-bond donors (Lipinski definition) is 0. The number of ketones is 1. The zero-order valence-electron chi connectivity index (χ0n) is 7.92. The van der Waals surface area contributed by atoms with Gasteiger partial charge in [-0.3, -0.25) is 9.48 Å². The van der Waals surface area contributed by atoms with E-state index in [2.05, 4.69) is 5.10 Å². The Hall–Kier alpha value is -1.12. The van der Waals surface area contributed by atoms with Gasteiger partial charge in [-0.1, -0.05) is 0 Å². The van der Waals surface area contributed by atoms with Gasteiger partial charge >= 0.3 is 0 Å². The van der Waals surface area contributed by atoms with Gasteiger partial charge in [-0.2, -0.15) is 5.10 Å². The molecule has 0 radical (unpaired) electrons. The summed E-state index contributed by atoms with van der Waals surface area (Å²) in [7, 11) is 0. The van der Waals surface area contributed by atoms with Crippen molar-refractivity contribution in [2.45, 2.75) is 39.2 Å². The molecule has 0 amide bonds. The highest BCUT2D eigenvalue weighted by Gasteiger charge is 2.18. The van der Waals surface area contributed by atoms with Crippen molar-refractivity contribution in [2.24, 2.45) is 0 Å². The van der Waals surface area contributed by atoms with Crippen LogP contribution in [0.5, 0.6) is 0 Å². The maximum absolute atomic E-state index is 11.6. The van der Waals surface area contributed by atoms with Crippen LogP contribution in [0.15, 0.2) is 6.20 Å². The fourth-order valence-corrected chi connectivity index (χ4v) is 1.75. The molecular formula is C10H14N2O. The second kappa shape index (κ2) is 3.32. The Morgan fingerprint density at radius 2 is 2.23 bits per heavy atom. The quantitative estimate of drug-likeness (QED) is 0.615. The minimum absolute atomic E-state index is 0.271. The highest BCUT2D eigenvalue weighted by molar-refractivity contribution is 5.97. The number of Topliss-reactive ketones (excluding diaryl/α,β-unsaturated/α-hetero) is 1. The Morgan fingerprint density at radius 3 is 3.00 bits per heavy atom. The lowest BCUT2D eigenvalue weighted by molar-refractivity contribution is 0.0982. The Morgan fingerprint density at radius 1 is 1.46 bits per heavy atom. The molecule has 0 spiro atoms. The van der Waals surface area contributed by atoms with E-state index in [0.717, 1.165) is 37.1 Å². The van der Waals surface area contributed by atoms with Gasteiger partial charge in [-0.05, 0) is 26.2 Å². The molecule has 3 heteroatoms. The summed E-state index contributed by atoms with van der Waals surface area (Å²) in [6, 6.07) is 0. The van der Waals surface area contributed by atoms with Crippen molar-refractivity contribution < 1.29 is 4.79 Å². The van der Waals surface area contributed by atoms with E-state index in [0.29, 0.717) is 6.42 Å². The third-order valence-corrected chi connectivity index (χ3v) is 2.53. The zero-order chi connectivity index (χ0) is 9.26. The van der Waals surface area contributed by atoms with Crippen molar-refractivity contribution >= 4 is 5.78 Å². The van der Waals surface area contributed by atoms with Crippen LogP contribution in [-0.2, 0) is 13.0 Å². The zero-order valence-corrected chi connectivity index (χ0v) is 7.92. The molecular weight excluding hydrogens is 164 g/mol. The molecule has 0 aromatic carbocycles. The summed E-state index contributed by atoms with van der Waals surface area (Å²) in [6.07, 6.45) is 5.67. The summed E-state index contributed by atoms with van der Waals surface area (Å²) in [5, 5.41) is 4.38. The minimum Gasteiger partial charge on any atom is -0.294 e. The van der Waals surface area contributed by atoms with Gasteiger partial charge in [0.05, 0.1) is 11.3 Å². The number of fused-ring (bicyclic) bond motifs is 1. The number of nitrogens with zero attached hydrogens (tertiary/aromatic N) is 2. The van der Waals surface area contributed by atoms with E-state index in [-0.39, 0.29) is 5.78 Å². The molecule has 1 aliphatic rings. The first-order valence-corrected chi connectivity index (χ1v) is 4.91. The largest absolute Gasteiger partial charge is 0.294 e. The Bertz CT molecular complexity index is 328. The Kier molecular flexibility index (Phi) is 2.17. The molecule has 0 bridgehead atoms. The fraction of sp³-hybridized carbons (Fsp3) is 0.600. The number of rotatable bonds is 1. The van der Waals surface area contributed by atoms with Crippen LogP contribution in [0.4, 0.5) is 0 Å². The van der Waals surface area contributed by atoms with Crippen molar-refractivity contribution in [1.29, 1.82) is 0 Å². The number of hydrogen-bond acceptors (Lipinski definition) is 2. The lowest BCUT2D eigenvalue weighted by Gasteiger charge is -1.93. The highest BCUT2D eigenvalue weighted by atomic mass is 16.1. The summed E-state index contributed by atoms with van der Waals surface area (Å²) in [5.41, 5.74) is 1.86. The standard InChI is InChI=1S/C10H14N2O/c1-2-12-7-8-9(11-12)5-3-4-6-10(8)13/h7H,2-6H2,1H3. The molecule has 13 heavy (non-hydrogen) atoms. The molecule has 0 atom stereocenters. The van der Waals surface area contributed by atoms with Gasteiger partial charge in [0.15, 0.2) is 5.78 Å². The van der Waals surface area contributed by atoms with Crippen molar-refractivity contribution in [3.8, 4) is 0 Å². The average molecular weight is 178 g/mol. The second-order valence-electron chi connectivity index (χ2n) is 3.48. The van der Waals surface area contributed by atoms with E-state index in [1.165, 1.54) is 0 Å². The van der Waals surface area contributed by atoms with E-state index in [1.807, 2.05) is 17.8 Å². The Balaban J connectivity index is 2.39. The molecule has 0 N–H and O–H groups in total. The Labute approximate surface area is 77.7 Å². The lowest BCUT2D eigenvalue weighted by Crippen LogP contribution is -1.96. The first-order chi connectivity index (χ1) is 6.31. The molecule has 3 nitrogen and oxygen atoms in total. The molecule has 1 aromatic rings. The minimum atomic E-state index is 0.271. The molecule has 0 fully saturated rings. The fourth-order valence-electron chi connectivity index (χ4n) is 1.75. The van der Waals surface area contributed by atoms with Crippen LogP contribution >= 0.6 is 0 Å². The average Bonchev–Trinajstić information content (AvgIpc) is 2.48. The molecule has 0 saturated carbocycles. The number of aryl methyl sites for hydroxylation is 2. The molecule has 1 heterocycles. The van der Waals surface area contributed by atoms with E-state index in [1.54, 1.807) is 0 Å². The maximum atomic E-state index is 11.6. The topological polar surface area (TPSA) is 34.9 Å². The third-order valence-electron chi connectivity index (χ3n) is 2.53. The summed E-state index contributed by atoms with van der Waals surface area (Å²) < 4.78 is 1.86. The van der Waals surface area contributed by atoms with E-state index in [9.17, 15) is 4.79 Å². The number of carbonyl (C=O) groups is 1. The summed E-state index contributed by atoms with van der Waals surface area (Å²) >= 11 is 0. The SMILES string of the molecule is CCn1cc2c(n1)CCCCC2=O. The van der Waals surface area contributed by atoms with Gasteiger partial charge in [0.2, 0.25) is 0 Å². The van der Waals surface area contributed by atoms with E-state index >= 15 is 0 Å². The van der Waals surface area contributed by atoms with Crippen molar-refractivity contribution in [3.63, 3.8) is 0 Å². The molecule has 1 aromatic heterocycles. The van der Waals surface area contributed by atoms with Crippen LogP contribution < -0.4 is 0 Å². The molecule has 0 saturated heterocycles. The third kappa shape index (κ3) is 1.50. The summed E-state index contributed by atoms with van der Waals surface area (Å²) in [4.78, 5) is 11.6. The predicted octanol–water partition coefficient (Wildman–Crippen LogP) is 1.81. The van der Waals surface area contributed by atoms with Crippen LogP contribution in [-0.4, -0.2) is 15.6 Å². The molecule has 0 aliphatic heterocycles. The van der Waals surface area contributed by atoms with Gasteiger partial charge < -0.3 is 0 Å². The van der Waals surface area contributed by atoms with Crippen molar-refractivity contribution in [3.05, 3.63) is 17.5 Å². The van der Waals surface area contributed by atoms with Gasteiger partial charge in [0.1, 0.15) is 0 Å². The summed E-state index contributed by atoms with van der Waals surface area (Å²) in [6.45, 7) is 2.89. The van der Waals surface area contributed by atoms with Gasteiger partial charge in [-0.25, -0.2) is 0 Å². The molecule has 2 rings (SSSR count). The van der Waals surface area contributed by atoms with E-state index < -0.39 is 0 Å². The van der Waals surface area contributed by atoms with Gasteiger partial charge in [-0.15, -0.1) is 0 Å². The van der Waals surface area contributed by atoms with Crippen LogP contribution in [0.3, 0.4) is 0 Å². The summed E-state index contributed by atoms with van der Waals surface area (Å²) in [5.74, 6) is 0.271. The maximum Gasteiger partial charge on any atom is 0.166 e. The van der Waals surface area contributed by atoms with Crippen LogP contribution in [0.1, 0.15) is 42.2 Å². The molecule has 70 valence electrons. The van der Waals surface area contributed by atoms with Crippen LogP contribution in [0, 0.1) is 0 Å².